The van der Waals surface area contributed by atoms with Crippen LogP contribution in [0.5, 0.6) is 0 Å². The molecule has 0 radical (unpaired) electrons. The predicted octanol–water partition coefficient (Wildman–Crippen LogP) is 3.40. The molecule has 2 amide bonds. The molecule has 0 unspecified atom stereocenters. The number of aromatic nitrogens is 2. The van der Waals surface area contributed by atoms with Gasteiger partial charge >= 0.3 is 0 Å². The average molecular weight is 434 g/mol. The summed E-state index contributed by atoms with van der Waals surface area (Å²) in [4.78, 5) is 35.4. The number of benzene rings is 1. The predicted molar refractivity (Wildman–Crippen MR) is 121 cm³/mol. The van der Waals surface area contributed by atoms with Crippen LogP contribution in [0.3, 0.4) is 0 Å². The van der Waals surface area contributed by atoms with E-state index in [1.54, 1.807) is 36.5 Å². The van der Waals surface area contributed by atoms with Gasteiger partial charge in [0.25, 0.3) is 5.91 Å². The van der Waals surface area contributed by atoms with Crippen molar-refractivity contribution in [2.75, 3.05) is 25.0 Å². The van der Waals surface area contributed by atoms with Gasteiger partial charge in [0.05, 0.1) is 13.1 Å². The fraction of sp³-hybridized carbons (Fsp3) is 0.333. The van der Waals surface area contributed by atoms with Gasteiger partial charge in [-0.15, -0.1) is 0 Å². The van der Waals surface area contributed by atoms with Gasteiger partial charge in [-0.25, -0.2) is 4.98 Å². The van der Waals surface area contributed by atoms with Gasteiger partial charge in [0.2, 0.25) is 11.8 Å². The van der Waals surface area contributed by atoms with Crippen molar-refractivity contribution in [3.05, 3.63) is 65.8 Å². The molecule has 1 saturated heterocycles. The molecule has 1 aliphatic heterocycles. The number of pyridine rings is 1. The van der Waals surface area contributed by atoms with Crippen molar-refractivity contribution in [3.63, 3.8) is 0 Å². The van der Waals surface area contributed by atoms with Gasteiger partial charge in [-0.05, 0) is 63.2 Å². The summed E-state index contributed by atoms with van der Waals surface area (Å²) < 4.78 is 5.83. The van der Waals surface area contributed by atoms with Crippen LogP contribution >= 0.6 is 0 Å². The third-order valence-corrected chi connectivity index (χ3v) is 5.43. The topological polar surface area (TPSA) is 100 Å². The molecule has 166 valence electrons. The molecule has 0 bridgehead atoms. The Morgan fingerprint density at radius 3 is 2.72 bits per heavy atom. The Balaban J connectivity index is 1.38. The monoisotopic (exact) mass is 433 g/mol. The second-order valence-electron chi connectivity index (χ2n) is 7.89. The van der Waals surface area contributed by atoms with Crippen LogP contribution in [0.25, 0.3) is 11.5 Å². The van der Waals surface area contributed by atoms with Crippen LogP contribution < -0.4 is 10.6 Å². The molecular formula is C24H27N5O3. The summed E-state index contributed by atoms with van der Waals surface area (Å²) in [6, 6.07) is 12.5. The summed E-state index contributed by atoms with van der Waals surface area (Å²) in [6.45, 7) is 4.52. The largest absolute Gasteiger partial charge is 0.441 e. The molecule has 3 heterocycles. The first-order chi connectivity index (χ1) is 15.6. The number of oxazole rings is 1. The number of anilines is 1. The van der Waals surface area contributed by atoms with Crippen molar-refractivity contribution in [2.24, 2.45) is 0 Å². The Hall–Kier alpha value is -3.52. The molecule has 2 aromatic heterocycles. The number of carbonyl (C=O) groups excluding carboxylic acids is 2. The number of carbonyl (C=O) groups is 2. The molecule has 0 saturated carbocycles. The lowest BCUT2D eigenvalue weighted by Gasteiger charge is -2.25. The summed E-state index contributed by atoms with van der Waals surface area (Å²) in [6.07, 6.45) is 5.13. The fourth-order valence-electron chi connectivity index (χ4n) is 3.70. The Kier molecular flexibility index (Phi) is 6.91. The number of nitrogens with one attached hydrogen (secondary N) is 2. The minimum Gasteiger partial charge on any atom is -0.441 e. The first kappa shape index (κ1) is 21.7. The molecule has 4 rings (SSSR count). The van der Waals surface area contributed by atoms with Crippen LogP contribution in [0.1, 0.15) is 41.2 Å². The maximum atomic E-state index is 12.4. The van der Waals surface area contributed by atoms with Gasteiger partial charge < -0.3 is 15.1 Å². The zero-order valence-corrected chi connectivity index (χ0v) is 18.1. The van der Waals surface area contributed by atoms with E-state index in [0.29, 0.717) is 41.8 Å². The van der Waals surface area contributed by atoms with Crippen molar-refractivity contribution in [3.8, 4) is 11.5 Å². The van der Waals surface area contributed by atoms with Crippen LogP contribution in [0.4, 0.5) is 5.69 Å². The highest BCUT2D eigenvalue weighted by molar-refractivity contribution is 6.03. The minimum atomic E-state index is -0.288. The van der Waals surface area contributed by atoms with Gasteiger partial charge in [-0.3, -0.25) is 19.5 Å². The number of hydrogen-bond donors (Lipinski definition) is 2. The Morgan fingerprint density at radius 1 is 1.09 bits per heavy atom. The first-order valence-electron chi connectivity index (χ1n) is 10.9. The molecule has 0 spiro atoms. The van der Waals surface area contributed by atoms with Gasteiger partial charge in [0.1, 0.15) is 17.1 Å². The normalized spacial score (nSPS) is 14.2. The third-order valence-electron chi connectivity index (χ3n) is 5.43. The number of amides is 2. The molecule has 2 N–H and O–H groups in total. The number of hydrogen-bond acceptors (Lipinski definition) is 6. The standard InChI is InChI=1S/C24H27N5O3/c1-17-21(15-26-22(30)16-29-12-5-2-6-13-29)28-24(32-17)18-8-7-9-19(14-18)27-23(31)20-10-3-4-11-25-20/h3-4,7-11,14H,2,5-6,12-13,15-16H2,1H3,(H,26,30)(H,27,31). The van der Waals surface area contributed by atoms with E-state index in [1.165, 1.54) is 6.42 Å². The molecule has 32 heavy (non-hydrogen) atoms. The molecule has 1 aliphatic rings. The number of likely N-dealkylation sites (tertiary alicyclic amines) is 1. The SMILES string of the molecule is Cc1oc(-c2cccc(NC(=O)c3ccccn3)c2)nc1CNC(=O)CN1CCCCC1. The highest BCUT2D eigenvalue weighted by Crippen LogP contribution is 2.24. The molecular weight excluding hydrogens is 406 g/mol. The minimum absolute atomic E-state index is 0.00455. The van der Waals surface area contributed by atoms with Crippen LogP contribution in [-0.2, 0) is 11.3 Å². The highest BCUT2D eigenvalue weighted by atomic mass is 16.4. The van der Waals surface area contributed by atoms with Crippen molar-refractivity contribution in [1.82, 2.24) is 20.2 Å². The molecule has 3 aromatic rings. The number of piperidine rings is 1. The average Bonchev–Trinajstić information content (AvgIpc) is 3.20. The van der Waals surface area contributed by atoms with Crippen LogP contribution in [0.15, 0.2) is 53.1 Å². The van der Waals surface area contributed by atoms with E-state index in [-0.39, 0.29) is 11.8 Å². The molecule has 1 fully saturated rings. The third kappa shape index (κ3) is 5.59. The van der Waals surface area contributed by atoms with Gasteiger partial charge in [-0.2, -0.15) is 0 Å². The number of rotatable bonds is 7. The maximum Gasteiger partial charge on any atom is 0.274 e. The summed E-state index contributed by atoms with van der Waals surface area (Å²) in [5.41, 5.74) is 2.38. The van der Waals surface area contributed by atoms with E-state index in [4.69, 9.17) is 4.42 Å². The van der Waals surface area contributed by atoms with Crippen molar-refractivity contribution < 1.29 is 14.0 Å². The quantitative estimate of drug-likeness (QED) is 0.592. The zero-order valence-electron chi connectivity index (χ0n) is 18.1. The molecule has 8 heteroatoms. The van der Waals surface area contributed by atoms with Crippen LogP contribution in [0.2, 0.25) is 0 Å². The van der Waals surface area contributed by atoms with Crippen molar-refractivity contribution in [1.29, 1.82) is 0 Å². The second-order valence-corrected chi connectivity index (χ2v) is 7.89. The summed E-state index contributed by atoms with van der Waals surface area (Å²) >= 11 is 0. The number of aryl methyl sites for hydroxylation is 1. The van der Waals surface area contributed by atoms with E-state index in [0.717, 1.165) is 31.5 Å². The maximum absolute atomic E-state index is 12.4. The van der Waals surface area contributed by atoms with Crippen molar-refractivity contribution in [2.45, 2.75) is 32.7 Å². The van der Waals surface area contributed by atoms with Gasteiger partial charge in [-0.1, -0.05) is 18.6 Å². The molecule has 8 nitrogen and oxygen atoms in total. The smallest absolute Gasteiger partial charge is 0.274 e. The Labute approximate surface area is 187 Å². The lowest BCUT2D eigenvalue weighted by Crippen LogP contribution is -2.39. The Bertz CT molecular complexity index is 1070. The van der Waals surface area contributed by atoms with E-state index in [2.05, 4.69) is 25.5 Å². The molecule has 0 atom stereocenters. The zero-order chi connectivity index (χ0) is 22.3. The van der Waals surface area contributed by atoms with Gasteiger partial charge in [0, 0.05) is 17.4 Å². The van der Waals surface area contributed by atoms with Crippen LogP contribution in [-0.4, -0.2) is 46.3 Å². The molecule has 1 aromatic carbocycles. The second kappa shape index (κ2) is 10.2. The van der Waals surface area contributed by atoms with E-state index in [1.807, 2.05) is 19.1 Å². The molecule has 0 aliphatic carbocycles. The highest BCUT2D eigenvalue weighted by Gasteiger charge is 2.16. The van der Waals surface area contributed by atoms with Gasteiger partial charge in [0.15, 0.2) is 0 Å². The van der Waals surface area contributed by atoms with E-state index in [9.17, 15) is 9.59 Å². The Morgan fingerprint density at radius 2 is 1.94 bits per heavy atom. The van der Waals surface area contributed by atoms with E-state index < -0.39 is 0 Å². The lowest BCUT2D eigenvalue weighted by molar-refractivity contribution is -0.122. The van der Waals surface area contributed by atoms with Crippen molar-refractivity contribution >= 4 is 17.5 Å². The first-order valence-corrected chi connectivity index (χ1v) is 10.9. The van der Waals surface area contributed by atoms with Crippen LogP contribution in [0, 0.1) is 6.92 Å². The summed E-state index contributed by atoms with van der Waals surface area (Å²) in [7, 11) is 0. The summed E-state index contributed by atoms with van der Waals surface area (Å²) in [5.74, 6) is 0.802. The van der Waals surface area contributed by atoms with E-state index >= 15 is 0 Å². The fourth-order valence-corrected chi connectivity index (χ4v) is 3.70. The lowest BCUT2D eigenvalue weighted by atomic mass is 10.1. The number of nitrogens with zero attached hydrogens (tertiary/aromatic N) is 3. The summed E-state index contributed by atoms with van der Waals surface area (Å²) in [5, 5.41) is 5.78.